The molecule has 4 rings (SSSR count). The fourth-order valence-corrected chi connectivity index (χ4v) is 5.10. The zero-order valence-corrected chi connectivity index (χ0v) is 19.7. The first-order valence-corrected chi connectivity index (χ1v) is 12.0. The summed E-state index contributed by atoms with van der Waals surface area (Å²) in [6.45, 7) is 9.30. The number of carbonyl (C=O) groups excluding carboxylic acids is 1. The van der Waals surface area contributed by atoms with Crippen LogP contribution in [0.25, 0.3) is 0 Å². The van der Waals surface area contributed by atoms with Gasteiger partial charge < -0.3 is 15.1 Å². The number of benzene rings is 1. The minimum absolute atomic E-state index is 0.00353. The molecule has 2 amide bonds. The van der Waals surface area contributed by atoms with E-state index < -0.39 is 5.82 Å². The molecule has 0 aliphatic carbocycles. The molecule has 2 aromatic rings. The Labute approximate surface area is 196 Å². The minimum atomic E-state index is -0.445. The number of piperazine rings is 1. The average Bonchev–Trinajstić information content (AvgIpc) is 2.81. The molecule has 0 unspecified atom stereocenters. The van der Waals surface area contributed by atoms with Gasteiger partial charge in [-0.15, -0.1) is 0 Å². The Morgan fingerprint density at radius 2 is 1.70 bits per heavy atom. The van der Waals surface area contributed by atoms with E-state index in [1.54, 1.807) is 0 Å². The topological polar surface area (TPSA) is 64.6 Å². The number of piperidine rings is 1. The predicted molar refractivity (Wildman–Crippen MR) is 127 cm³/mol. The van der Waals surface area contributed by atoms with Gasteiger partial charge in [0, 0.05) is 38.3 Å². The normalized spacial score (nSPS) is 22.4. The summed E-state index contributed by atoms with van der Waals surface area (Å²) in [6.07, 6.45) is 5.76. The molecule has 0 radical (unpaired) electrons. The summed E-state index contributed by atoms with van der Waals surface area (Å²) >= 11 is 0. The Hall–Kier alpha value is -2.74. The lowest BCUT2D eigenvalue weighted by molar-refractivity contribution is 0.139. The molecule has 33 heavy (non-hydrogen) atoms. The Morgan fingerprint density at radius 3 is 2.33 bits per heavy atom. The maximum absolute atomic E-state index is 13.1. The van der Waals surface area contributed by atoms with Gasteiger partial charge in [-0.25, -0.2) is 19.2 Å². The van der Waals surface area contributed by atoms with Crippen LogP contribution in [0.1, 0.15) is 38.7 Å². The number of carbonyl (C=O) groups is 1. The van der Waals surface area contributed by atoms with Gasteiger partial charge in [-0.2, -0.15) is 0 Å². The van der Waals surface area contributed by atoms with Crippen molar-refractivity contribution in [3.63, 3.8) is 0 Å². The van der Waals surface area contributed by atoms with E-state index in [1.807, 2.05) is 23.6 Å². The number of nitrogens with zero attached hydrogens (tertiary/aromatic N) is 5. The molecule has 2 aliphatic rings. The maximum atomic E-state index is 13.1. The van der Waals surface area contributed by atoms with Crippen molar-refractivity contribution >= 4 is 12.0 Å². The third-order valence-corrected chi connectivity index (χ3v) is 6.83. The molecule has 1 N–H and O–H groups in total. The molecule has 0 bridgehead atoms. The summed E-state index contributed by atoms with van der Waals surface area (Å²) in [4.78, 5) is 27.5. The van der Waals surface area contributed by atoms with Crippen molar-refractivity contribution in [1.82, 2.24) is 25.1 Å². The first-order valence-electron chi connectivity index (χ1n) is 12.0. The number of hydrogen-bond acceptors (Lipinski definition) is 5. The minimum Gasteiger partial charge on any atom is -0.338 e. The van der Waals surface area contributed by atoms with Crippen LogP contribution in [0.3, 0.4) is 0 Å². The lowest BCUT2D eigenvalue weighted by Gasteiger charge is -2.44. The number of anilines is 1. The molecule has 2 aliphatic heterocycles. The van der Waals surface area contributed by atoms with E-state index in [-0.39, 0.29) is 18.1 Å². The van der Waals surface area contributed by atoms with Gasteiger partial charge >= 0.3 is 6.03 Å². The number of hydrogen-bond donors (Lipinski definition) is 1. The smallest absolute Gasteiger partial charge is 0.318 e. The van der Waals surface area contributed by atoms with E-state index in [2.05, 4.69) is 50.5 Å². The second-order valence-electron chi connectivity index (χ2n) is 9.44. The second-order valence-corrected chi connectivity index (χ2v) is 9.44. The molecule has 3 heterocycles. The zero-order chi connectivity index (χ0) is 23.2. The Bertz CT molecular complexity index is 876. The zero-order valence-electron chi connectivity index (χ0n) is 19.7. The lowest BCUT2D eigenvalue weighted by Crippen LogP contribution is -2.61. The number of nitrogens with one attached hydrogen (secondary N) is 1. The van der Waals surface area contributed by atoms with Crippen LogP contribution in [0.15, 0.2) is 42.7 Å². The van der Waals surface area contributed by atoms with Crippen molar-refractivity contribution < 1.29 is 9.18 Å². The summed E-state index contributed by atoms with van der Waals surface area (Å²) in [5.74, 6) is 0.730. The van der Waals surface area contributed by atoms with Crippen molar-refractivity contribution in [3.8, 4) is 0 Å². The van der Waals surface area contributed by atoms with E-state index in [4.69, 9.17) is 0 Å². The lowest BCUT2D eigenvalue weighted by atomic mass is 9.93. The molecule has 0 saturated carbocycles. The number of likely N-dealkylation sites (tertiary alicyclic amines) is 1. The van der Waals surface area contributed by atoms with E-state index in [9.17, 15) is 9.18 Å². The van der Waals surface area contributed by atoms with Crippen LogP contribution >= 0.6 is 0 Å². The highest BCUT2D eigenvalue weighted by Gasteiger charge is 2.34. The maximum Gasteiger partial charge on any atom is 0.318 e. The monoisotopic (exact) mass is 454 g/mol. The highest BCUT2D eigenvalue weighted by Crippen LogP contribution is 2.22. The van der Waals surface area contributed by atoms with Crippen molar-refractivity contribution in [2.24, 2.45) is 5.92 Å². The summed E-state index contributed by atoms with van der Waals surface area (Å²) in [5, 5.41) is 3.15. The van der Waals surface area contributed by atoms with Crippen LogP contribution in [0.2, 0.25) is 0 Å². The first kappa shape index (κ1) is 23.4. The molecule has 2 atom stereocenters. The summed E-state index contributed by atoms with van der Waals surface area (Å²) in [7, 11) is 0. The van der Waals surface area contributed by atoms with E-state index >= 15 is 0 Å². The van der Waals surface area contributed by atoms with Gasteiger partial charge in [0.25, 0.3) is 0 Å². The standard InChI is InChI=1S/C25H35FN6O/c1-19-16-31(24-28-14-23(26)15-29-24)17-20(2)32(19)25(33)27-11-8-21-9-12-30(13-10-21)18-22-6-4-3-5-7-22/h3-7,14-15,19-21H,8-13,16-18H2,1-2H3,(H,27,33)/t19-,20+. The van der Waals surface area contributed by atoms with E-state index in [0.29, 0.717) is 31.5 Å². The van der Waals surface area contributed by atoms with Gasteiger partial charge in [-0.05, 0) is 57.7 Å². The molecule has 2 fully saturated rings. The summed E-state index contributed by atoms with van der Waals surface area (Å²) in [5.41, 5.74) is 1.37. The van der Waals surface area contributed by atoms with Crippen molar-refractivity contribution in [1.29, 1.82) is 0 Å². The van der Waals surface area contributed by atoms with Crippen LogP contribution in [-0.2, 0) is 6.54 Å². The fraction of sp³-hybridized carbons (Fsp3) is 0.560. The van der Waals surface area contributed by atoms with Crippen LogP contribution in [0.4, 0.5) is 15.1 Å². The molecule has 7 nitrogen and oxygen atoms in total. The molecule has 2 saturated heterocycles. The van der Waals surface area contributed by atoms with Gasteiger partial charge in [0.15, 0.2) is 5.82 Å². The number of urea groups is 1. The number of halogens is 1. The van der Waals surface area contributed by atoms with Gasteiger partial charge in [0.2, 0.25) is 5.95 Å². The largest absolute Gasteiger partial charge is 0.338 e. The van der Waals surface area contributed by atoms with Gasteiger partial charge in [-0.1, -0.05) is 30.3 Å². The molecule has 1 aromatic carbocycles. The Kier molecular flexibility index (Phi) is 7.75. The van der Waals surface area contributed by atoms with Crippen molar-refractivity contribution in [3.05, 3.63) is 54.1 Å². The number of amides is 2. The first-order chi connectivity index (χ1) is 16.0. The van der Waals surface area contributed by atoms with Gasteiger partial charge in [0.1, 0.15) is 0 Å². The number of rotatable bonds is 6. The average molecular weight is 455 g/mol. The molecule has 1 aromatic heterocycles. The molecular formula is C25H35FN6O. The summed E-state index contributed by atoms with van der Waals surface area (Å²) in [6, 6.07) is 10.7. The van der Waals surface area contributed by atoms with Gasteiger partial charge in [0.05, 0.1) is 12.4 Å². The highest BCUT2D eigenvalue weighted by molar-refractivity contribution is 5.75. The fourth-order valence-electron chi connectivity index (χ4n) is 5.10. The Balaban J connectivity index is 1.18. The SMILES string of the molecule is C[C@@H]1CN(c2ncc(F)cn2)C[C@H](C)N1C(=O)NCCC1CCN(Cc2ccccc2)CC1. The van der Waals surface area contributed by atoms with Crippen LogP contribution in [-0.4, -0.2) is 70.6 Å². The molecule has 0 spiro atoms. The quantitative estimate of drug-likeness (QED) is 0.724. The molecule has 8 heteroatoms. The van der Waals surface area contributed by atoms with Gasteiger partial charge in [-0.3, -0.25) is 4.90 Å². The highest BCUT2D eigenvalue weighted by atomic mass is 19.1. The third-order valence-electron chi connectivity index (χ3n) is 6.83. The van der Waals surface area contributed by atoms with Crippen molar-refractivity contribution in [2.45, 2.75) is 51.7 Å². The second kappa shape index (κ2) is 10.9. The molecular weight excluding hydrogens is 419 g/mol. The van der Waals surface area contributed by atoms with Crippen LogP contribution in [0, 0.1) is 11.7 Å². The number of aromatic nitrogens is 2. The van der Waals surface area contributed by atoms with E-state index in [0.717, 1.165) is 26.1 Å². The Morgan fingerprint density at radius 1 is 1.06 bits per heavy atom. The summed E-state index contributed by atoms with van der Waals surface area (Å²) < 4.78 is 13.1. The third kappa shape index (κ3) is 6.19. The van der Waals surface area contributed by atoms with Crippen LogP contribution in [0.5, 0.6) is 0 Å². The van der Waals surface area contributed by atoms with Crippen molar-refractivity contribution in [2.75, 3.05) is 37.6 Å². The predicted octanol–water partition coefficient (Wildman–Crippen LogP) is 3.53. The van der Waals surface area contributed by atoms with E-state index in [1.165, 1.54) is 30.8 Å². The molecule has 178 valence electrons. The van der Waals surface area contributed by atoms with Crippen LogP contribution < -0.4 is 10.2 Å².